The molecule has 2 aliphatic heterocycles. The molecule has 0 radical (unpaired) electrons. The fourth-order valence-electron chi connectivity index (χ4n) is 3.34. The maximum Gasteiger partial charge on any atom is 0.243 e. The number of hydrogen-bond acceptors (Lipinski definition) is 5. The van der Waals surface area contributed by atoms with Gasteiger partial charge in [-0.1, -0.05) is 0 Å². The fourth-order valence-corrected chi connectivity index (χ4v) is 4.74. The zero-order valence-electron chi connectivity index (χ0n) is 14.8. The number of sulfonamides is 1. The lowest BCUT2D eigenvalue weighted by Crippen LogP contribution is -2.36. The van der Waals surface area contributed by atoms with Gasteiger partial charge < -0.3 is 14.4 Å². The van der Waals surface area contributed by atoms with Gasteiger partial charge in [0.05, 0.1) is 18.1 Å². The Morgan fingerprint density at radius 1 is 0.926 bits per heavy atom. The Morgan fingerprint density at radius 3 is 2.41 bits per heavy atom. The lowest BCUT2D eigenvalue weighted by molar-refractivity contribution is 0.122. The number of fused-ring (bicyclic) bond motifs is 1. The Morgan fingerprint density at radius 2 is 1.67 bits per heavy atom. The minimum atomic E-state index is -3.73. The van der Waals surface area contributed by atoms with Gasteiger partial charge in [-0.2, -0.15) is 4.31 Å². The van der Waals surface area contributed by atoms with E-state index in [0.717, 1.165) is 36.5 Å². The van der Waals surface area contributed by atoms with Crippen LogP contribution in [0.4, 0.5) is 10.1 Å². The van der Waals surface area contributed by atoms with E-state index in [1.807, 2.05) is 18.2 Å². The molecule has 0 bridgehead atoms. The van der Waals surface area contributed by atoms with Crippen LogP contribution in [-0.4, -0.2) is 52.2 Å². The van der Waals surface area contributed by atoms with Crippen LogP contribution in [0.15, 0.2) is 47.4 Å². The molecule has 8 heteroatoms. The maximum absolute atomic E-state index is 13.2. The molecule has 4 rings (SSSR count). The van der Waals surface area contributed by atoms with Crippen molar-refractivity contribution in [3.8, 4) is 5.75 Å². The molecule has 27 heavy (non-hydrogen) atoms. The predicted molar refractivity (Wildman–Crippen MR) is 99.0 cm³/mol. The third kappa shape index (κ3) is 3.78. The Kier molecular flexibility index (Phi) is 5.03. The number of benzene rings is 2. The molecule has 0 aliphatic carbocycles. The topological polar surface area (TPSA) is 59.1 Å². The van der Waals surface area contributed by atoms with Crippen molar-refractivity contribution >= 4 is 15.7 Å². The van der Waals surface area contributed by atoms with E-state index in [-0.39, 0.29) is 24.6 Å². The van der Waals surface area contributed by atoms with Gasteiger partial charge in [-0.25, -0.2) is 12.8 Å². The van der Waals surface area contributed by atoms with E-state index in [0.29, 0.717) is 19.0 Å². The molecule has 0 amide bonds. The number of halogens is 1. The molecule has 2 aromatic carbocycles. The summed E-state index contributed by atoms with van der Waals surface area (Å²) in [4.78, 5) is 2.30. The van der Waals surface area contributed by atoms with E-state index in [2.05, 4.69) is 4.90 Å². The summed E-state index contributed by atoms with van der Waals surface area (Å²) < 4.78 is 51.6. The average Bonchev–Trinajstić information content (AvgIpc) is 2.91. The zero-order chi connectivity index (χ0) is 18.9. The van der Waals surface area contributed by atoms with Gasteiger partial charge >= 0.3 is 0 Å². The Bertz CT molecular complexity index is 912. The molecule has 6 nitrogen and oxygen atoms in total. The first-order chi connectivity index (χ1) is 13.0. The van der Waals surface area contributed by atoms with Crippen LogP contribution in [0, 0.1) is 5.82 Å². The van der Waals surface area contributed by atoms with E-state index >= 15 is 0 Å². The highest BCUT2D eigenvalue weighted by atomic mass is 32.2. The maximum atomic E-state index is 13.2. The summed E-state index contributed by atoms with van der Waals surface area (Å²) in [6.07, 6.45) is 0. The molecule has 2 aromatic rings. The molecule has 0 N–H and O–H groups in total. The van der Waals surface area contributed by atoms with Crippen LogP contribution in [0.2, 0.25) is 0 Å². The number of hydrogen-bond donors (Lipinski definition) is 0. The predicted octanol–water partition coefficient (Wildman–Crippen LogP) is 2.25. The molecule has 1 saturated heterocycles. The molecule has 0 spiro atoms. The first-order valence-corrected chi connectivity index (χ1v) is 10.3. The number of morpholine rings is 1. The Balaban J connectivity index is 1.62. The van der Waals surface area contributed by atoms with Crippen molar-refractivity contribution in [2.24, 2.45) is 0 Å². The van der Waals surface area contributed by atoms with Crippen molar-refractivity contribution in [3.05, 3.63) is 53.8 Å². The summed E-state index contributed by atoms with van der Waals surface area (Å²) in [5.74, 6) is 0.234. The van der Waals surface area contributed by atoms with E-state index in [4.69, 9.17) is 9.47 Å². The lowest BCUT2D eigenvalue weighted by atomic mass is 10.1. The van der Waals surface area contributed by atoms with Crippen molar-refractivity contribution in [2.45, 2.75) is 11.4 Å². The first-order valence-electron chi connectivity index (χ1n) is 8.88. The van der Waals surface area contributed by atoms with Gasteiger partial charge in [0.15, 0.2) is 0 Å². The van der Waals surface area contributed by atoms with Crippen molar-refractivity contribution in [1.82, 2.24) is 4.31 Å². The normalized spacial score (nSPS) is 18.5. The van der Waals surface area contributed by atoms with Crippen LogP contribution in [0.5, 0.6) is 5.75 Å². The van der Waals surface area contributed by atoms with Crippen LogP contribution in [0.3, 0.4) is 0 Å². The van der Waals surface area contributed by atoms with Gasteiger partial charge in [0.1, 0.15) is 18.2 Å². The second kappa shape index (κ2) is 7.46. The minimum Gasteiger partial charge on any atom is -0.492 e. The smallest absolute Gasteiger partial charge is 0.243 e. The van der Waals surface area contributed by atoms with E-state index in [9.17, 15) is 12.8 Å². The Hall–Kier alpha value is -2.16. The molecule has 144 valence electrons. The SMILES string of the molecule is O=S(=O)(c1ccc(F)cc1)N1CCOc2ccc(N3CCOCC3)cc2C1. The number of ether oxygens (including phenoxy) is 2. The van der Waals surface area contributed by atoms with Crippen molar-refractivity contribution in [1.29, 1.82) is 0 Å². The average molecular weight is 392 g/mol. The molecular formula is C19H21FN2O4S. The van der Waals surface area contributed by atoms with E-state index in [1.54, 1.807) is 0 Å². The van der Waals surface area contributed by atoms with E-state index in [1.165, 1.54) is 16.4 Å². The van der Waals surface area contributed by atoms with Gasteiger partial charge in [0.25, 0.3) is 0 Å². The molecule has 2 heterocycles. The monoisotopic (exact) mass is 392 g/mol. The summed E-state index contributed by atoms with van der Waals surface area (Å²) >= 11 is 0. The molecule has 0 saturated carbocycles. The summed E-state index contributed by atoms with van der Waals surface area (Å²) in [7, 11) is -3.73. The van der Waals surface area contributed by atoms with Gasteiger partial charge in [-0.3, -0.25) is 0 Å². The standard InChI is InChI=1S/C19H21FN2O4S/c20-16-1-4-18(5-2-16)27(23,24)22-9-12-26-19-6-3-17(13-15(19)14-22)21-7-10-25-11-8-21/h1-6,13H,7-12,14H2. The highest BCUT2D eigenvalue weighted by Crippen LogP contribution is 2.30. The van der Waals surface area contributed by atoms with Crippen LogP contribution in [-0.2, 0) is 21.3 Å². The summed E-state index contributed by atoms with van der Waals surface area (Å²) in [6, 6.07) is 10.8. The zero-order valence-corrected chi connectivity index (χ0v) is 15.6. The first kappa shape index (κ1) is 18.2. The second-order valence-corrected chi connectivity index (χ2v) is 8.47. The van der Waals surface area contributed by atoms with Crippen LogP contribution < -0.4 is 9.64 Å². The van der Waals surface area contributed by atoms with Gasteiger partial charge in [-0.15, -0.1) is 0 Å². The minimum absolute atomic E-state index is 0.0803. The van der Waals surface area contributed by atoms with Crippen molar-refractivity contribution in [2.75, 3.05) is 44.4 Å². The number of rotatable bonds is 3. The molecule has 0 atom stereocenters. The summed E-state index contributed by atoms with van der Waals surface area (Å²) in [5.41, 5.74) is 1.85. The highest BCUT2D eigenvalue weighted by molar-refractivity contribution is 7.89. The largest absolute Gasteiger partial charge is 0.492 e. The lowest BCUT2D eigenvalue weighted by Gasteiger charge is -2.29. The molecule has 0 unspecified atom stereocenters. The Labute approximate surface area is 158 Å². The number of nitrogens with zero attached hydrogens (tertiary/aromatic N) is 2. The van der Waals surface area contributed by atoms with Gasteiger partial charge in [0, 0.05) is 37.4 Å². The van der Waals surface area contributed by atoms with E-state index < -0.39 is 15.8 Å². The van der Waals surface area contributed by atoms with Crippen molar-refractivity contribution < 1.29 is 22.3 Å². The van der Waals surface area contributed by atoms with Crippen LogP contribution in [0.1, 0.15) is 5.56 Å². The quantitative estimate of drug-likeness (QED) is 0.802. The molecule has 2 aliphatic rings. The summed E-state index contributed by atoms with van der Waals surface area (Å²) in [5, 5.41) is 0. The van der Waals surface area contributed by atoms with Gasteiger partial charge in [0.2, 0.25) is 10.0 Å². The number of anilines is 1. The highest BCUT2D eigenvalue weighted by Gasteiger charge is 2.28. The fraction of sp³-hybridized carbons (Fsp3) is 0.368. The molecule has 0 aromatic heterocycles. The third-order valence-corrected chi connectivity index (χ3v) is 6.68. The van der Waals surface area contributed by atoms with Gasteiger partial charge in [-0.05, 0) is 42.5 Å². The molecule has 1 fully saturated rings. The van der Waals surface area contributed by atoms with Crippen molar-refractivity contribution in [3.63, 3.8) is 0 Å². The second-order valence-electron chi connectivity index (χ2n) is 6.53. The third-order valence-electron chi connectivity index (χ3n) is 4.82. The summed E-state index contributed by atoms with van der Waals surface area (Å²) in [6.45, 7) is 3.69. The van der Waals surface area contributed by atoms with Crippen LogP contribution in [0.25, 0.3) is 0 Å². The molecular weight excluding hydrogens is 371 g/mol. The van der Waals surface area contributed by atoms with Crippen LogP contribution >= 0.6 is 0 Å².